The highest BCUT2D eigenvalue weighted by molar-refractivity contribution is 5.88. The predicted molar refractivity (Wildman–Crippen MR) is 155 cm³/mol. The minimum atomic E-state index is 0.466. The Morgan fingerprint density at radius 2 is 1.28 bits per heavy atom. The van der Waals surface area contributed by atoms with Crippen LogP contribution < -0.4 is 0 Å². The molecule has 1 atom stereocenters. The molecule has 0 fully saturated rings. The van der Waals surface area contributed by atoms with E-state index in [0.29, 0.717) is 5.92 Å². The van der Waals surface area contributed by atoms with Gasteiger partial charge in [-0.15, -0.1) is 0 Å². The monoisotopic (exact) mass is 466 g/mol. The van der Waals surface area contributed by atoms with Crippen LogP contribution >= 0.6 is 0 Å². The van der Waals surface area contributed by atoms with Crippen LogP contribution in [0.1, 0.15) is 66.0 Å². The van der Waals surface area contributed by atoms with Crippen molar-refractivity contribution < 1.29 is 0 Å². The molecule has 0 aromatic heterocycles. The SMILES string of the molecule is CC1=Cc2cccc(-c3ccc(C)cc3)c2C1CCC1=C(C)Cc2cccc(-c3ccc(C)cc3)c21. The lowest BCUT2D eigenvalue weighted by Gasteiger charge is -2.20. The molecular weight excluding hydrogens is 432 g/mol. The molecule has 2 aliphatic rings. The maximum atomic E-state index is 2.42. The van der Waals surface area contributed by atoms with Crippen LogP contribution in [0.4, 0.5) is 0 Å². The molecule has 0 aliphatic heterocycles. The van der Waals surface area contributed by atoms with Gasteiger partial charge in [0.05, 0.1) is 0 Å². The molecule has 0 heteroatoms. The summed E-state index contributed by atoms with van der Waals surface area (Å²) in [4.78, 5) is 0. The fourth-order valence-corrected chi connectivity index (χ4v) is 6.34. The van der Waals surface area contributed by atoms with Crippen molar-refractivity contribution in [3.63, 3.8) is 0 Å². The van der Waals surface area contributed by atoms with Gasteiger partial charge in [0.2, 0.25) is 0 Å². The summed E-state index contributed by atoms with van der Waals surface area (Å²) in [6.45, 7) is 8.99. The fraction of sp³-hybridized carbons (Fsp3) is 0.222. The molecule has 0 saturated carbocycles. The van der Waals surface area contributed by atoms with Crippen LogP contribution in [0.15, 0.2) is 96.1 Å². The lowest BCUT2D eigenvalue weighted by Crippen LogP contribution is -2.01. The maximum Gasteiger partial charge on any atom is 0.00639 e. The van der Waals surface area contributed by atoms with Gasteiger partial charge >= 0.3 is 0 Å². The van der Waals surface area contributed by atoms with E-state index in [1.807, 2.05) is 0 Å². The summed E-state index contributed by atoms with van der Waals surface area (Å²) in [6, 6.07) is 31.8. The standard InChI is InChI=1S/C36H34/c1-23-11-15-27(16-12-23)33-9-5-7-29-21-25(3)31(35(29)33)19-20-32-26(4)22-30-8-6-10-34(36(30)32)28-17-13-24(2)14-18-28/h5-18,21,31H,19-20,22H2,1-4H3. The van der Waals surface area contributed by atoms with Gasteiger partial charge in [0, 0.05) is 5.92 Å². The Morgan fingerprint density at radius 1 is 0.667 bits per heavy atom. The van der Waals surface area contributed by atoms with E-state index in [2.05, 4.69) is 119 Å². The molecule has 0 bridgehead atoms. The van der Waals surface area contributed by atoms with Crippen molar-refractivity contribution in [1.29, 1.82) is 0 Å². The molecule has 0 radical (unpaired) electrons. The van der Waals surface area contributed by atoms with Crippen LogP contribution in [0.25, 0.3) is 33.9 Å². The highest BCUT2D eigenvalue weighted by Crippen LogP contribution is 2.48. The second-order valence-corrected chi connectivity index (χ2v) is 10.8. The highest BCUT2D eigenvalue weighted by atomic mass is 14.3. The van der Waals surface area contributed by atoms with Gasteiger partial charge < -0.3 is 0 Å². The Hall–Kier alpha value is -3.64. The minimum Gasteiger partial charge on any atom is -0.0652 e. The zero-order chi connectivity index (χ0) is 24.8. The van der Waals surface area contributed by atoms with Gasteiger partial charge in [-0.25, -0.2) is 0 Å². The first-order valence-corrected chi connectivity index (χ1v) is 13.3. The third-order valence-corrected chi connectivity index (χ3v) is 8.25. The minimum absolute atomic E-state index is 0.466. The van der Waals surface area contributed by atoms with Crippen molar-refractivity contribution in [2.45, 2.75) is 52.9 Å². The second-order valence-electron chi connectivity index (χ2n) is 10.8. The molecule has 178 valence electrons. The van der Waals surface area contributed by atoms with Crippen LogP contribution in [0.2, 0.25) is 0 Å². The van der Waals surface area contributed by atoms with Crippen molar-refractivity contribution >= 4 is 11.6 Å². The topological polar surface area (TPSA) is 0 Å². The second kappa shape index (κ2) is 9.10. The number of benzene rings is 4. The Kier molecular flexibility index (Phi) is 5.76. The summed E-state index contributed by atoms with van der Waals surface area (Å²) < 4.78 is 0. The molecule has 2 aliphatic carbocycles. The average Bonchev–Trinajstić information content (AvgIpc) is 3.38. The normalized spacial score (nSPS) is 16.2. The third kappa shape index (κ3) is 3.95. The first kappa shape index (κ1) is 22.8. The molecule has 6 rings (SSSR count). The van der Waals surface area contributed by atoms with Crippen LogP contribution in [-0.2, 0) is 6.42 Å². The quantitative estimate of drug-likeness (QED) is 0.274. The molecule has 0 saturated heterocycles. The van der Waals surface area contributed by atoms with Gasteiger partial charge in [-0.2, -0.15) is 0 Å². The van der Waals surface area contributed by atoms with Crippen LogP contribution in [0, 0.1) is 13.8 Å². The van der Waals surface area contributed by atoms with E-state index in [0.717, 1.165) is 19.3 Å². The first-order valence-electron chi connectivity index (χ1n) is 13.3. The number of allylic oxidation sites excluding steroid dienone is 3. The summed E-state index contributed by atoms with van der Waals surface area (Å²) in [5.41, 5.74) is 18.5. The van der Waals surface area contributed by atoms with Crippen LogP contribution in [-0.4, -0.2) is 0 Å². The molecule has 4 aromatic carbocycles. The van der Waals surface area contributed by atoms with Crippen LogP contribution in [0.3, 0.4) is 0 Å². The Morgan fingerprint density at radius 3 is 1.97 bits per heavy atom. The highest BCUT2D eigenvalue weighted by Gasteiger charge is 2.28. The lowest BCUT2D eigenvalue weighted by molar-refractivity contribution is 0.735. The molecule has 0 heterocycles. The Labute approximate surface area is 216 Å². The zero-order valence-corrected chi connectivity index (χ0v) is 21.9. The number of hydrogen-bond acceptors (Lipinski definition) is 0. The lowest BCUT2D eigenvalue weighted by atomic mass is 9.83. The van der Waals surface area contributed by atoms with Gasteiger partial charge in [0.1, 0.15) is 0 Å². The van der Waals surface area contributed by atoms with E-state index in [1.165, 1.54) is 66.8 Å². The molecule has 0 N–H and O–H groups in total. The van der Waals surface area contributed by atoms with E-state index in [9.17, 15) is 0 Å². The van der Waals surface area contributed by atoms with Gasteiger partial charge in [0.25, 0.3) is 0 Å². The summed E-state index contributed by atoms with van der Waals surface area (Å²) in [7, 11) is 0. The molecule has 0 amide bonds. The Balaban J connectivity index is 1.34. The number of fused-ring (bicyclic) bond motifs is 2. The average molecular weight is 467 g/mol. The fourth-order valence-electron chi connectivity index (χ4n) is 6.34. The summed E-state index contributed by atoms with van der Waals surface area (Å²) in [6.07, 6.45) is 5.75. The molecule has 0 spiro atoms. The first-order chi connectivity index (χ1) is 17.5. The van der Waals surface area contributed by atoms with Gasteiger partial charge in [-0.1, -0.05) is 113 Å². The van der Waals surface area contributed by atoms with Gasteiger partial charge in [-0.05, 0) is 97.0 Å². The predicted octanol–water partition coefficient (Wildman–Crippen LogP) is 9.95. The van der Waals surface area contributed by atoms with Crippen LogP contribution in [0.5, 0.6) is 0 Å². The molecule has 0 nitrogen and oxygen atoms in total. The van der Waals surface area contributed by atoms with Gasteiger partial charge in [0.15, 0.2) is 0 Å². The van der Waals surface area contributed by atoms with Crippen molar-refractivity contribution in [1.82, 2.24) is 0 Å². The van der Waals surface area contributed by atoms with E-state index in [4.69, 9.17) is 0 Å². The van der Waals surface area contributed by atoms with Crippen molar-refractivity contribution in [3.8, 4) is 22.3 Å². The maximum absolute atomic E-state index is 2.42. The number of aryl methyl sites for hydroxylation is 2. The summed E-state index contributed by atoms with van der Waals surface area (Å²) in [5, 5.41) is 0. The molecule has 1 unspecified atom stereocenters. The third-order valence-electron chi connectivity index (χ3n) is 8.25. The van der Waals surface area contributed by atoms with E-state index >= 15 is 0 Å². The number of rotatable bonds is 5. The molecular formula is C36H34. The van der Waals surface area contributed by atoms with E-state index in [-0.39, 0.29) is 0 Å². The van der Waals surface area contributed by atoms with Crippen molar-refractivity contribution in [3.05, 3.63) is 129 Å². The smallest absolute Gasteiger partial charge is 0.00639 e. The summed E-state index contributed by atoms with van der Waals surface area (Å²) in [5.74, 6) is 0.466. The molecule has 36 heavy (non-hydrogen) atoms. The number of hydrogen-bond donors (Lipinski definition) is 0. The zero-order valence-electron chi connectivity index (χ0n) is 21.9. The van der Waals surface area contributed by atoms with Crippen molar-refractivity contribution in [2.75, 3.05) is 0 Å². The Bertz CT molecular complexity index is 1510. The van der Waals surface area contributed by atoms with Gasteiger partial charge in [-0.3, -0.25) is 0 Å². The summed E-state index contributed by atoms with van der Waals surface area (Å²) >= 11 is 0. The van der Waals surface area contributed by atoms with E-state index < -0.39 is 0 Å². The largest absolute Gasteiger partial charge is 0.0652 e. The van der Waals surface area contributed by atoms with E-state index in [1.54, 1.807) is 5.57 Å². The molecule has 4 aromatic rings. The van der Waals surface area contributed by atoms with Crippen molar-refractivity contribution in [2.24, 2.45) is 0 Å².